The molecule has 0 radical (unpaired) electrons. The Hall–Kier alpha value is -0.830. The molecule has 1 aromatic rings. The number of nitrogens with zero attached hydrogens (tertiary/aromatic N) is 2. The second-order valence-electron chi connectivity index (χ2n) is 4.77. The van der Waals surface area contributed by atoms with E-state index in [0.29, 0.717) is 5.92 Å². The molecule has 78 valence electrons. The van der Waals surface area contributed by atoms with E-state index in [2.05, 4.69) is 12.0 Å². The van der Waals surface area contributed by atoms with Gasteiger partial charge in [0.1, 0.15) is 0 Å². The van der Waals surface area contributed by atoms with Gasteiger partial charge >= 0.3 is 0 Å². The van der Waals surface area contributed by atoms with Gasteiger partial charge in [-0.2, -0.15) is 5.10 Å². The third-order valence-corrected chi connectivity index (χ3v) is 3.12. The summed E-state index contributed by atoms with van der Waals surface area (Å²) in [7, 11) is 1.91. The summed E-state index contributed by atoms with van der Waals surface area (Å²) in [5, 5.41) is 14.4. The first-order chi connectivity index (χ1) is 6.57. The fraction of sp³-hybridized carbons (Fsp3) is 0.727. The van der Waals surface area contributed by atoms with Crippen molar-refractivity contribution in [2.24, 2.45) is 13.0 Å². The van der Waals surface area contributed by atoms with E-state index in [9.17, 15) is 5.11 Å². The van der Waals surface area contributed by atoms with E-state index in [0.717, 1.165) is 31.2 Å². The number of rotatable bonds is 2. The first-order valence-corrected chi connectivity index (χ1v) is 5.27. The zero-order valence-corrected chi connectivity index (χ0v) is 8.90. The Morgan fingerprint density at radius 1 is 1.71 bits per heavy atom. The van der Waals surface area contributed by atoms with Crippen LogP contribution in [-0.2, 0) is 13.5 Å². The molecule has 0 aromatic carbocycles. The van der Waals surface area contributed by atoms with Crippen molar-refractivity contribution in [1.82, 2.24) is 9.78 Å². The Balaban J connectivity index is 2.03. The molecule has 14 heavy (non-hydrogen) atoms. The monoisotopic (exact) mass is 194 g/mol. The predicted octanol–water partition coefficient (Wildman–Crippen LogP) is 1.51. The molecular formula is C11H18N2O. The summed E-state index contributed by atoms with van der Waals surface area (Å²) in [4.78, 5) is 0. The Morgan fingerprint density at radius 3 is 3.00 bits per heavy atom. The first-order valence-electron chi connectivity index (χ1n) is 5.27. The lowest BCUT2D eigenvalue weighted by Gasteiger charge is -2.21. The molecule has 1 N–H and O–H groups in total. The largest absolute Gasteiger partial charge is 0.390 e. The number of aliphatic hydroxyl groups is 1. The lowest BCUT2D eigenvalue weighted by Crippen LogP contribution is -2.27. The van der Waals surface area contributed by atoms with Crippen LogP contribution in [0.15, 0.2) is 12.4 Å². The standard InChI is InChI=1S/C11H18N2O/c1-9-3-4-11(14,5-9)6-10-7-12-13(2)8-10/h7-9,14H,3-6H2,1-2H3. The van der Waals surface area contributed by atoms with Crippen LogP contribution in [-0.4, -0.2) is 20.5 Å². The minimum atomic E-state index is -0.470. The van der Waals surface area contributed by atoms with Gasteiger partial charge in [-0.25, -0.2) is 0 Å². The summed E-state index contributed by atoms with van der Waals surface area (Å²) >= 11 is 0. The van der Waals surface area contributed by atoms with E-state index in [4.69, 9.17) is 0 Å². The molecule has 0 amide bonds. The van der Waals surface area contributed by atoms with Crippen LogP contribution in [0.25, 0.3) is 0 Å². The topological polar surface area (TPSA) is 38.1 Å². The zero-order chi connectivity index (χ0) is 10.2. The molecule has 1 aliphatic rings. The van der Waals surface area contributed by atoms with E-state index >= 15 is 0 Å². The van der Waals surface area contributed by atoms with Crippen molar-refractivity contribution in [2.45, 2.75) is 38.2 Å². The minimum Gasteiger partial charge on any atom is -0.390 e. The molecule has 2 rings (SSSR count). The van der Waals surface area contributed by atoms with Gasteiger partial charge in [0.25, 0.3) is 0 Å². The highest BCUT2D eigenvalue weighted by atomic mass is 16.3. The van der Waals surface area contributed by atoms with Crippen LogP contribution in [0.2, 0.25) is 0 Å². The van der Waals surface area contributed by atoms with Crippen LogP contribution in [0.3, 0.4) is 0 Å². The smallest absolute Gasteiger partial charge is 0.0691 e. The van der Waals surface area contributed by atoms with Crippen LogP contribution in [0.1, 0.15) is 31.7 Å². The van der Waals surface area contributed by atoms with Crippen molar-refractivity contribution in [2.75, 3.05) is 0 Å². The first kappa shape index (κ1) is 9.71. The van der Waals surface area contributed by atoms with Crippen LogP contribution in [0.5, 0.6) is 0 Å². The van der Waals surface area contributed by atoms with Gasteiger partial charge in [0.2, 0.25) is 0 Å². The van der Waals surface area contributed by atoms with Gasteiger partial charge in [0.15, 0.2) is 0 Å². The molecule has 3 heteroatoms. The number of hydrogen-bond acceptors (Lipinski definition) is 2. The zero-order valence-electron chi connectivity index (χ0n) is 8.90. The second kappa shape index (κ2) is 3.39. The Labute approximate surface area is 84.7 Å². The molecule has 3 nitrogen and oxygen atoms in total. The molecule has 2 unspecified atom stereocenters. The third-order valence-electron chi connectivity index (χ3n) is 3.12. The molecule has 1 aliphatic carbocycles. The fourth-order valence-electron chi connectivity index (χ4n) is 2.47. The minimum absolute atomic E-state index is 0.470. The molecule has 0 spiro atoms. The van der Waals surface area contributed by atoms with Gasteiger partial charge in [-0.15, -0.1) is 0 Å². The van der Waals surface area contributed by atoms with Gasteiger partial charge in [-0.1, -0.05) is 6.92 Å². The molecule has 0 saturated heterocycles. The summed E-state index contributed by atoms with van der Waals surface area (Å²) < 4.78 is 1.79. The van der Waals surface area contributed by atoms with Crippen LogP contribution in [0, 0.1) is 5.92 Å². The Bertz CT molecular complexity index is 321. The van der Waals surface area contributed by atoms with E-state index < -0.39 is 5.60 Å². The lowest BCUT2D eigenvalue weighted by atomic mass is 9.94. The maximum absolute atomic E-state index is 10.3. The van der Waals surface area contributed by atoms with Crippen LogP contribution in [0.4, 0.5) is 0 Å². The maximum atomic E-state index is 10.3. The molecule has 1 heterocycles. The van der Waals surface area contributed by atoms with Gasteiger partial charge in [-0.05, 0) is 30.7 Å². The molecule has 1 saturated carbocycles. The fourth-order valence-corrected chi connectivity index (χ4v) is 2.47. The quantitative estimate of drug-likeness (QED) is 0.775. The van der Waals surface area contributed by atoms with Crippen molar-refractivity contribution in [3.05, 3.63) is 18.0 Å². The van der Waals surface area contributed by atoms with Gasteiger partial charge in [-0.3, -0.25) is 4.68 Å². The average molecular weight is 194 g/mol. The number of hydrogen-bond donors (Lipinski definition) is 1. The van der Waals surface area contributed by atoms with Crippen molar-refractivity contribution >= 4 is 0 Å². The van der Waals surface area contributed by atoms with Gasteiger partial charge in [0.05, 0.1) is 11.8 Å². The summed E-state index contributed by atoms with van der Waals surface area (Å²) in [6.45, 7) is 2.21. The van der Waals surface area contributed by atoms with Gasteiger partial charge < -0.3 is 5.11 Å². The van der Waals surface area contributed by atoms with Crippen molar-refractivity contribution in [3.8, 4) is 0 Å². The molecule has 0 aliphatic heterocycles. The SMILES string of the molecule is CC1CCC(O)(Cc2cnn(C)c2)C1. The second-order valence-corrected chi connectivity index (χ2v) is 4.77. The summed E-state index contributed by atoms with van der Waals surface area (Å²) in [5.41, 5.74) is 0.673. The third kappa shape index (κ3) is 1.98. The highest BCUT2D eigenvalue weighted by molar-refractivity contribution is 5.09. The van der Waals surface area contributed by atoms with Gasteiger partial charge in [0, 0.05) is 19.7 Å². The average Bonchev–Trinajstić information content (AvgIpc) is 2.60. The van der Waals surface area contributed by atoms with Crippen molar-refractivity contribution in [3.63, 3.8) is 0 Å². The Morgan fingerprint density at radius 2 is 2.50 bits per heavy atom. The van der Waals surface area contributed by atoms with E-state index in [1.807, 2.05) is 19.4 Å². The summed E-state index contributed by atoms with van der Waals surface area (Å²) in [5.74, 6) is 0.664. The van der Waals surface area contributed by atoms with Crippen molar-refractivity contribution < 1.29 is 5.11 Å². The Kier molecular flexibility index (Phi) is 2.35. The summed E-state index contributed by atoms with van der Waals surface area (Å²) in [6, 6.07) is 0. The molecule has 2 atom stereocenters. The lowest BCUT2D eigenvalue weighted by molar-refractivity contribution is 0.0446. The van der Waals surface area contributed by atoms with Crippen LogP contribution < -0.4 is 0 Å². The molecular weight excluding hydrogens is 176 g/mol. The van der Waals surface area contributed by atoms with E-state index in [1.165, 1.54) is 0 Å². The number of aromatic nitrogens is 2. The molecule has 1 fully saturated rings. The summed E-state index contributed by atoms with van der Waals surface area (Å²) in [6.07, 6.45) is 7.61. The van der Waals surface area contributed by atoms with Crippen molar-refractivity contribution in [1.29, 1.82) is 0 Å². The highest BCUT2D eigenvalue weighted by Crippen LogP contribution is 2.36. The highest BCUT2D eigenvalue weighted by Gasteiger charge is 2.35. The normalized spacial score (nSPS) is 32.4. The molecule has 1 aromatic heterocycles. The molecule has 0 bridgehead atoms. The van der Waals surface area contributed by atoms with Crippen LogP contribution >= 0.6 is 0 Å². The van der Waals surface area contributed by atoms with E-state index in [1.54, 1.807) is 4.68 Å². The number of aryl methyl sites for hydroxylation is 1. The van der Waals surface area contributed by atoms with E-state index in [-0.39, 0.29) is 0 Å². The maximum Gasteiger partial charge on any atom is 0.0691 e. The predicted molar refractivity (Wildman–Crippen MR) is 54.9 cm³/mol.